The van der Waals surface area contributed by atoms with E-state index < -0.39 is 11.9 Å². The van der Waals surface area contributed by atoms with E-state index in [0.29, 0.717) is 17.7 Å². The van der Waals surface area contributed by atoms with Crippen LogP contribution in [0.3, 0.4) is 0 Å². The van der Waals surface area contributed by atoms with Crippen molar-refractivity contribution in [2.45, 2.75) is 13.3 Å². The summed E-state index contributed by atoms with van der Waals surface area (Å²) < 4.78 is 0. The molecule has 0 aromatic heterocycles. The van der Waals surface area contributed by atoms with Crippen molar-refractivity contribution < 1.29 is 19.5 Å². The first-order chi connectivity index (χ1) is 11.4. The molecule has 0 unspecified atom stereocenters. The number of hydrogen-bond donors (Lipinski definition) is 3. The Morgan fingerprint density at radius 1 is 1.04 bits per heavy atom. The molecule has 2 rings (SSSR count). The molecule has 0 aliphatic heterocycles. The summed E-state index contributed by atoms with van der Waals surface area (Å²) in [5.41, 5.74) is 0.967. The summed E-state index contributed by atoms with van der Waals surface area (Å²) in [5, 5.41) is 14.6. The zero-order valence-corrected chi connectivity index (χ0v) is 13.6. The molecular weight excluding hydrogens is 332 g/mol. The van der Waals surface area contributed by atoms with Crippen LogP contribution < -0.4 is 10.6 Å². The molecule has 3 N–H and O–H groups in total. The van der Waals surface area contributed by atoms with Gasteiger partial charge in [-0.25, -0.2) is 4.79 Å². The average Bonchev–Trinajstić information content (AvgIpc) is 2.56. The molecule has 6 nitrogen and oxygen atoms in total. The summed E-state index contributed by atoms with van der Waals surface area (Å²) in [7, 11) is 0. The number of rotatable bonds is 5. The number of benzene rings is 2. The number of carbonyl (C=O) groups is 3. The molecule has 0 fully saturated rings. The Balaban J connectivity index is 2.16. The number of amides is 2. The van der Waals surface area contributed by atoms with Crippen molar-refractivity contribution >= 4 is 40.8 Å². The Bertz CT molecular complexity index is 788. The predicted octanol–water partition coefficient (Wildman–Crippen LogP) is 3.64. The molecule has 0 heterocycles. The molecule has 0 aliphatic carbocycles. The van der Waals surface area contributed by atoms with Gasteiger partial charge in [-0.05, 0) is 42.5 Å². The third-order valence-electron chi connectivity index (χ3n) is 3.21. The molecule has 0 spiro atoms. The van der Waals surface area contributed by atoms with Crippen LogP contribution >= 0.6 is 11.6 Å². The number of carboxylic acid groups (broad SMARTS) is 1. The van der Waals surface area contributed by atoms with E-state index >= 15 is 0 Å². The topological polar surface area (TPSA) is 95.5 Å². The zero-order valence-electron chi connectivity index (χ0n) is 12.8. The minimum absolute atomic E-state index is 0.0947. The first-order valence-corrected chi connectivity index (χ1v) is 7.52. The van der Waals surface area contributed by atoms with Gasteiger partial charge in [-0.15, -0.1) is 0 Å². The molecular formula is C17H15ClN2O4. The summed E-state index contributed by atoms with van der Waals surface area (Å²) in [6.45, 7) is 1.74. The van der Waals surface area contributed by atoms with Crippen LogP contribution in [0, 0.1) is 0 Å². The average molecular weight is 347 g/mol. The van der Waals surface area contributed by atoms with Crippen molar-refractivity contribution in [1.82, 2.24) is 0 Å². The Morgan fingerprint density at radius 2 is 1.71 bits per heavy atom. The van der Waals surface area contributed by atoms with Crippen molar-refractivity contribution in [3.05, 3.63) is 58.6 Å². The molecule has 2 amide bonds. The fourth-order valence-electron chi connectivity index (χ4n) is 1.95. The second-order valence-electron chi connectivity index (χ2n) is 4.93. The lowest BCUT2D eigenvalue weighted by molar-refractivity contribution is -0.115. The number of anilines is 2. The standard InChI is InChI=1S/C17H15ClN2O4/c1-2-15(21)19-12-6-3-10(4-7-12)16(22)20-14-8-5-11(18)9-13(14)17(23)24/h3-9H,2H2,1H3,(H,19,21)(H,20,22)(H,23,24). The first-order valence-electron chi connectivity index (χ1n) is 7.15. The lowest BCUT2D eigenvalue weighted by Gasteiger charge is -2.10. The van der Waals surface area contributed by atoms with Gasteiger partial charge in [0.2, 0.25) is 5.91 Å². The number of carboxylic acids is 1. The van der Waals surface area contributed by atoms with Crippen LogP contribution in [0.25, 0.3) is 0 Å². The van der Waals surface area contributed by atoms with Crippen LogP contribution in [0.15, 0.2) is 42.5 Å². The maximum Gasteiger partial charge on any atom is 0.337 e. The molecule has 24 heavy (non-hydrogen) atoms. The van der Waals surface area contributed by atoms with Crippen LogP contribution in [-0.4, -0.2) is 22.9 Å². The molecule has 7 heteroatoms. The predicted molar refractivity (Wildman–Crippen MR) is 91.7 cm³/mol. The SMILES string of the molecule is CCC(=O)Nc1ccc(C(=O)Nc2ccc(Cl)cc2C(=O)O)cc1. The normalized spacial score (nSPS) is 10.1. The number of halogens is 1. The van der Waals surface area contributed by atoms with Crippen molar-refractivity contribution in [3.63, 3.8) is 0 Å². The fraction of sp³-hybridized carbons (Fsp3) is 0.118. The molecule has 0 aliphatic rings. The smallest absolute Gasteiger partial charge is 0.337 e. The maximum absolute atomic E-state index is 12.2. The molecule has 0 saturated heterocycles. The number of nitrogens with one attached hydrogen (secondary N) is 2. The van der Waals surface area contributed by atoms with E-state index in [2.05, 4.69) is 10.6 Å². The van der Waals surface area contributed by atoms with Gasteiger partial charge in [0, 0.05) is 22.7 Å². The van der Waals surface area contributed by atoms with Crippen LogP contribution in [0.2, 0.25) is 5.02 Å². The van der Waals surface area contributed by atoms with E-state index in [-0.39, 0.29) is 22.2 Å². The second-order valence-corrected chi connectivity index (χ2v) is 5.36. The van der Waals surface area contributed by atoms with Gasteiger partial charge in [0.25, 0.3) is 5.91 Å². The van der Waals surface area contributed by atoms with Crippen LogP contribution in [0.1, 0.15) is 34.1 Å². The maximum atomic E-state index is 12.2. The lowest BCUT2D eigenvalue weighted by Crippen LogP contribution is -2.15. The summed E-state index contributed by atoms with van der Waals surface area (Å²) in [5.74, 6) is -1.78. The van der Waals surface area contributed by atoms with E-state index in [1.54, 1.807) is 19.1 Å². The van der Waals surface area contributed by atoms with Gasteiger partial charge in [0.15, 0.2) is 0 Å². The minimum atomic E-state index is -1.19. The van der Waals surface area contributed by atoms with Crippen LogP contribution in [-0.2, 0) is 4.79 Å². The van der Waals surface area contributed by atoms with Crippen molar-refractivity contribution in [1.29, 1.82) is 0 Å². The molecule has 0 radical (unpaired) electrons. The highest BCUT2D eigenvalue weighted by molar-refractivity contribution is 6.31. The van der Waals surface area contributed by atoms with E-state index in [1.165, 1.54) is 30.3 Å². The van der Waals surface area contributed by atoms with Gasteiger partial charge in [-0.3, -0.25) is 9.59 Å². The van der Waals surface area contributed by atoms with E-state index in [1.807, 2.05) is 0 Å². The number of hydrogen-bond acceptors (Lipinski definition) is 3. The largest absolute Gasteiger partial charge is 0.478 e. The van der Waals surface area contributed by atoms with Crippen LogP contribution in [0.5, 0.6) is 0 Å². The minimum Gasteiger partial charge on any atom is -0.478 e. The highest BCUT2D eigenvalue weighted by Crippen LogP contribution is 2.21. The van der Waals surface area contributed by atoms with Crippen LogP contribution in [0.4, 0.5) is 11.4 Å². The van der Waals surface area contributed by atoms with E-state index in [0.717, 1.165) is 0 Å². The quantitative estimate of drug-likeness (QED) is 0.770. The first kappa shape index (κ1) is 17.5. The Hall–Kier alpha value is -2.86. The highest BCUT2D eigenvalue weighted by Gasteiger charge is 2.14. The number of carbonyl (C=O) groups excluding carboxylic acids is 2. The van der Waals surface area contributed by atoms with Crippen molar-refractivity contribution in [2.24, 2.45) is 0 Å². The third-order valence-corrected chi connectivity index (χ3v) is 3.45. The van der Waals surface area contributed by atoms with Crippen molar-refractivity contribution in [2.75, 3.05) is 10.6 Å². The van der Waals surface area contributed by atoms with Gasteiger partial charge in [-0.1, -0.05) is 18.5 Å². The van der Waals surface area contributed by atoms with E-state index in [9.17, 15) is 14.4 Å². The van der Waals surface area contributed by atoms with Crippen molar-refractivity contribution in [3.8, 4) is 0 Å². The molecule has 0 bridgehead atoms. The Labute approximate surface area is 143 Å². The third kappa shape index (κ3) is 4.33. The molecule has 0 saturated carbocycles. The van der Waals surface area contributed by atoms with Gasteiger partial charge >= 0.3 is 5.97 Å². The monoisotopic (exact) mass is 346 g/mol. The fourth-order valence-corrected chi connectivity index (χ4v) is 2.12. The van der Waals surface area contributed by atoms with Gasteiger partial charge in [-0.2, -0.15) is 0 Å². The highest BCUT2D eigenvalue weighted by atomic mass is 35.5. The Kier molecular flexibility index (Phi) is 5.55. The zero-order chi connectivity index (χ0) is 17.7. The molecule has 2 aromatic rings. The Morgan fingerprint density at radius 3 is 2.29 bits per heavy atom. The van der Waals surface area contributed by atoms with E-state index in [4.69, 9.17) is 16.7 Å². The summed E-state index contributed by atoms with van der Waals surface area (Å²) in [6, 6.07) is 10.5. The molecule has 0 atom stereocenters. The summed E-state index contributed by atoms with van der Waals surface area (Å²) >= 11 is 5.77. The summed E-state index contributed by atoms with van der Waals surface area (Å²) in [4.78, 5) is 34.8. The molecule has 2 aromatic carbocycles. The lowest BCUT2D eigenvalue weighted by atomic mass is 10.1. The van der Waals surface area contributed by atoms with Gasteiger partial charge in [0.1, 0.15) is 0 Å². The number of aromatic carboxylic acids is 1. The molecule has 124 valence electrons. The van der Waals surface area contributed by atoms with Gasteiger partial charge < -0.3 is 15.7 Å². The second kappa shape index (κ2) is 7.61. The van der Waals surface area contributed by atoms with Gasteiger partial charge in [0.05, 0.1) is 11.3 Å². The summed E-state index contributed by atoms with van der Waals surface area (Å²) in [6.07, 6.45) is 0.358.